The molecule has 2 aromatic carbocycles. The van der Waals surface area contributed by atoms with Crippen LogP contribution in [0.25, 0.3) is 11.1 Å². The summed E-state index contributed by atoms with van der Waals surface area (Å²) in [4.78, 5) is 12.4. The number of esters is 1. The van der Waals surface area contributed by atoms with E-state index in [2.05, 4.69) is 0 Å². The first-order chi connectivity index (χ1) is 12.0. The second-order valence-electron chi connectivity index (χ2n) is 5.27. The molecule has 25 heavy (non-hydrogen) atoms. The van der Waals surface area contributed by atoms with Crippen LogP contribution in [0.1, 0.15) is 15.9 Å². The number of carbonyl (C=O) groups is 1. The topological polar surface area (TPSA) is 63.2 Å². The number of ether oxygens (including phenoxy) is 5. The molecule has 0 aliphatic rings. The van der Waals surface area contributed by atoms with Gasteiger partial charge in [-0.1, -0.05) is 0 Å². The number of carbonyl (C=O) groups excluding carboxylic acids is 1. The molecule has 6 nitrogen and oxygen atoms in total. The lowest BCUT2D eigenvalue weighted by Gasteiger charge is -2.18. The van der Waals surface area contributed by atoms with Crippen LogP contribution in [-0.4, -0.2) is 41.5 Å². The van der Waals surface area contributed by atoms with Crippen molar-refractivity contribution in [3.05, 3.63) is 35.4 Å². The van der Waals surface area contributed by atoms with Crippen molar-refractivity contribution in [2.75, 3.05) is 35.5 Å². The quantitative estimate of drug-likeness (QED) is 0.746. The molecule has 0 heterocycles. The van der Waals surface area contributed by atoms with Gasteiger partial charge in [-0.05, 0) is 36.2 Å². The molecule has 0 saturated carbocycles. The Morgan fingerprint density at radius 1 is 0.720 bits per heavy atom. The first-order valence-electron chi connectivity index (χ1n) is 7.58. The number of hydrogen-bond donors (Lipinski definition) is 0. The van der Waals surface area contributed by atoms with Gasteiger partial charge in [0.25, 0.3) is 0 Å². The van der Waals surface area contributed by atoms with Crippen LogP contribution in [0.4, 0.5) is 0 Å². The molecule has 0 saturated heterocycles. The van der Waals surface area contributed by atoms with Crippen molar-refractivity contribution in [1.82, 2.24) is 0 Å². The van der Waals surface area contributed by atoms with E-state index in [-0.39, 0.29) is 0 Å². The highest BCUT2D eigenvalue weighted by Crippen LogP contribution is 2.41. The third-order valence-electron chi connectivity index (χ3n) is 3.94. The molecule has 0 bridgehead atoms. The highest BCUT2D eigenvalue weighted by atomic mass is 16.5. The largest absolute Gasteiger partial charge is 0.497 e. The predicted octanol–water partition coefficient (Wildman–Crippen LogP) is 3.48. The monoisotopic (exact) mass is 346 g/mol. The van der Waals surface area contributed by atoms with Gasteiger partial charge in [0.1, 0.15) is 17.1 Å². The van der Waals surface area contributed by atoms with Gasteiger partial charge in [-0.3, -0.25) is 0 Å². The molecule has 0 unspecified atom stereocenters. The minimum atomic E-state index is -0.497. The molecule has 0 spiro atoms. The highest BCUT2D eigenvalue weighted by Gasteiger charge is 2.23. The van der Waals surface area contributed by atoms with Crippen molar-refractivity contribution in [2.24, 2.45) is 0 Å². The fourth-order valence-corrected chi connectivity index (χ4v) is 2.66. The van der Waals surface area contributed by atoms with Crippen LogP contribution in [0.2, 0.25) is 0 Å². The average Bonchev–Trinajstić information content (AvgIpc) is 2.65. The molecule has 134 valence electrons. The summed E-state index contributed by atoms with van der Waals surface area (Å²) >= 11 is 0. The molecule has 0 atom stereocenters. The number of methoxy groups -OCH3 is 5. The Morgan fingerprint density at radius 2 is 1.32 bits per heavy atom. The van der Waals surface area contributed by atoms with Crippen LogP contribution in [0.15, 0.2) is 24.3 Å². The van der Waals surface area contributed by atoms with Crippen molar-refractivity contribution in [2.45, 2.75) is 6.92 Å². The maximum atomic E-state index is 12.4. The zero-order chi connectivity index (χ0) is 18.6. The Morgan fingerprint density at radius 3 is 1.84 bits per heavy atom. The van der Waals surface area contributed by atoms with Gasteiger partial charge < -0.3 is 23.7 Å². The third-order valence-corrected chi connectivity index (χ3v) is 3.94. The zero-order valence-corrected chi connectivity index (χ0v) is 15.3. The van der Waals surface area contributed by atoms with Crippen LogP contribution in [0.3, 0.4) is 0 Å². The molecule has 0 fully saturated rings. The van der Waals surface area contributed by atoms with Crippen LogP contribution in [-0.2, 0) is 4.74 Å². The minimum absolute atomic E-state index is 0.320. The molecule has 0 aliphatic heterocycles. The van der Waals surface area contributed by atoms with E-state index >= 15 is 0 Å². The minimum Gasteiger partial charge on any atom is -0.497 e. The summed E-state index contributed by atoms with van der Waals surface area (Å²) in [6, 6.07) is 7.07. The summed E-state index contributed by atoms with van der Waals surface area (Å²) < 4.78 is 26.4. The summed E-state index contributed by atoms with van der Waals surface area (Å²) in [6.07, 6.45) is 0. The fraction of sp³-hybridized carbons (Fsp3) is 0.316. The van der Waals surface area contributed by atoms with Gasteiger partial charge in [-0.25, -0.2) is 4.79 Å². The molecule has 0 aromatic heterocycles. The van der Waals surface area contributed by atoms with Gasteiger partial charge in [0.15, 0.2) is 11.5 Å². The lowest BCUT2D eigenvalue weighted by molar-refractivity contribution is 0.0598. The Hall–Kier alpha value is -2.89. The molecular weight excluding hydrogens is 324 g/mol. The van der Waals surface area contributed by atoms with Gasteiger partial charge in [0.2, 0.25) is 0 Å². The van der Waals surface area contributed by atoms with E-state index in [0.29, 0.717) is 34.1 Å². The Labute approximate surface area is 147 Å². The lowest BCUT2D eigenvalue weighted by Crippen LogP contribution is -2.07. The van der Waals surface area contributed by atoms with E-state index in [1.807, 2.05) is 19.1 Å². The van der Waals surface area contributed by atoms with Crippen molar-refractivity contribution in [1.29, 1.82) is 0 Å². The summed E-state index contributed by atoms with van der Waals surface area (Å²) in [5.41, 5.74) is 2.64. The Bertz CT molecular complexity index is 782. The molecule has 0 aliphatic carbocycles. The first-order valence-corrected chi connectivity index (χ1v) is 7.58. The van der Waals surface area contributed by atoms with Crippen LogP contribution >= 0.6 is 0 Å². The van der Waals surface area contributed by atoms with E-state index in [1.54, 1.807) is 33.5 Å². The number of benzene rings is 2. The predicted molar refractivity (Wildman–Crippen MR) is 94.2 cm³/mol. The third kappa shape index (κ3) is 3.47. The van der Waals surface area contributed by atoms with Crippen molar-refractivity contribution in [3.8, 4) is 34.1 Å². The lowest BCUT2D eigenvalue weighted by atomic mass is 9.94. The van der Waals surface area contributed by atoms with Gasteiger partial charge in [-0.15, -0.1) is 0 Å². The summed E-state index contributed by atoms with van der Waals surface area (Å²) in [7, 11) is 7.51. The molecule has 0 amide bonds. The first kappa shape index (κ1) is 18.4. The zero-order valence-electron chi connectivity index (χ0n) is 15.3. The van der Waals surface area contributed by atoms with Crippen molar-refractivity contribution < 1.29 is 28.5 Å². The van der Waals surface area contributed by atoms with Gasteiger partial charge in [0, 0.05) is 11.6 Å². The van der Waals surface area contributed by atoms with E-state index in [9.17, 15) is 4.79 Å². The molecular formula is C19H22O6. The Balaban J connectivity index is 2.83. The van der Waals surface area contributed by atoms with Crippen LogP contribution in [0, 0.1) is 6.92 Å². The van der Waals surface area contributed by atoms with E-state index in [1.165, 1.54) is 14.2 Å². The maximum absolute atomic E-state index is 12.4. The fourth-order valence-electron chi connectivity index (χ4n) is 2.66. The molecule has 0 N–H and O–H groups in total. The molecule has 0 radical (unpaired) electrons. The maximum Gasteiger partial charge on any atom is 0.342 e. The SMILES string of the molecule is COC(=O)c1c(OC)cc(OC)cc1-c1cc(OC)c(OC)cc1C. The van der Waals surface area contributed by atoms with Crippen LogP contribution in [0.5, 0.6) is 23.0 Å². The molecule has 2 aromatic rings. The van der Waals surface area contributed by atoms with E-state index < -0.39 is 5.97 Å². The highest BCUT2D eigenvalue weighted by molar-refractivity contribution is 6.01. The molecule has 6 heteroatoms. The number of aryl methyl sites for hydroxylation is 1. The van der Waals surface area contributed by atoms with Gasteiger partial charge in [0.05, 0.1) is 35.5 Å². The van der Waals surface area contributed by atoms with Gasteiger partial charge >= 0.3 is 5.97 Å². The van der Waals surface area contributed by atoms with E-state index in [0.717, 1.165) is 11.1 Å². The van der Waals surface area contributed by atoms with Crippen LogP contribution < -0.4 is 18.9 Å². The smallest absolute Gasteiger partial charge is 0.342 e. The second kappa shape index (κ2) is 7.79. The summed E-state index contributed by atoms with van der Waals surface area (Å²) in [5.74, 6) is 1.60. The number of rotatable bonds is 6. The Kier molecular flexibility index (Phi) is 5.75. The average molecular weight is 346 g/mol. The summed E-state index contributed by atoms with van der Waals surface area (Å²) in [5, 5.41) is 0. The molecule has 2 rings (SSSR count). The van der Waals surface area contributed by atoms with Crippen molar-refractivity contribution >= 4 is 5.97 Å². The normalized spacial score (nSPS) is 10.2. The summed E-state index contributed by atoms with van der Waals surface area (Å²) in [6.45, 7) is 1.92. The standard InChI is InChI=1S/C19H22O6/c1-11-7-15(22-3)16(23-4)10-13(11)14-8-12(21-2)9-17(24-5)18(14)19(20)25-6/h7-10H,1-6H3. The second-order valence-corrected chi connectivity index (χ2v) is 5.27. The van der Waals surface area contributed by atoms with Crippen molar-refractivity contribution in [3.63, 3.8) is 0 Å². The van der Waals surface area contributed by atoms with Gasteiger partial charge in [-0.2, -0.15) is 0 Å². The number of hydrogen-bond acceptors (Lipinski definition) is 6. The van der Waals surface area contributed by atoms with E-state index in [4.69, 9.17) is 23.7 Å².